The van der Waals surface area contributed by atoms with Crippen molar-refractivity contribution in [3.8, 4) is 0 Å². The molecular weight excluding hydrogens is 270 g/mol. The SMILES string of the molecule is Cc1cccc(C(=N)N)c1N(C)Cc1cccc(Cl)c1. The van der Waals surface area contributed by atoms with Crippen LogP contribution in [-0.4, -0.2) is 12.9 Å². The van der Waals surface area contributed by atoms with Crippen LogP contribution in [0.1, 0.15) is 16.7 Å². The first-order valence-electron chi connectivity index (χ1n) is 6.38. The fourth-order valence-corrected chi connectivity index (χ4v) is 2.58. The topological polar surface area (TPSA) is 53.1 Å². The molecular formula is C16H18ClN3. The molecule has 0 aromatic heterocycles. The predicted octanol–water partition coefficient (Wildman–Crippen LogP) is 3.57. The van der Waals surface area contributed by atoms with Gasteiger partial charge in [-0.15, -0.1) is 0 Å². The van der Waals surface area contributed by atoms with E-state index in [2.05, 4.69) is 4.90 Å². The Labute approximate surface area is 124 Å². The smallest absolute Gasteiger partial charge is 0.124 e. The van der Waals surface area contributed by atoms with Gasteiger partial charge >= 0.3 is 0 Å². The Morgan fingerprint density at radius 1 is 1.25 bits per heavy atom. The molecule has 3 nitrogen and oxygen atoms in total. The lowest BCUT2D eigenvalue weighted by Crippen LogP contribution is -2.23. The van der Waals surface area contributed by atoms with Crippen LogP contribution in [0.25, 0.3) is 0 Å². The number of aryl methyl sites for hydroxylation is 1. The van der Waals surface area contributed by atoms with Crippen molar-refractivity contribution < 1.29 is 0 Å². The molecule has 0 heterocycles. The minimum Gasteiger partial charge on any atom is -0.384 e. The predicted molar refractivity (Wildman–Crippen MR) is 85.8 cm³/mol. The van der Waals surface area contributed by atoms with Crippen molar-refractivity contribution in [3.05, 3.63) is 64.2 Å². The van der Waals surface area contributed by atoms with Crippen LogP contribution in [0.3, 0.4) is 0 Å². The molecule has 0 radical (unpaired) electrons. The number of para-hydroxylation sites is 1. The molecule has 0 fully saturated rings. The number of benzene rings is 2. The Morgan fingerprint density at radius 2 is 1.95 bits per heavy atom. The average Bonchev–Trinajstić information content (AvgIpc) is 2.38. The van der Waals surface area contributed by atoms with E-state index >= 15 is 0 Å². The molecule has 0 amide bonds. The number of nitrogens with one attached hydrogen (secondary N) is 1. The lowest BCUT2D eigenvalue weighted by atomic mass is 10.1. The summed E-state index contributed by atoms with van der Waals surface area (Å²) in [5, 5.41) is 8.44. The summed E-state index contributed by atoms with van der Waals surface area (Å²) < 4.78 is 0. The standard InChI is InChI=1S/C16H18ClN3/c1-11-5-3-8-14(16(18)19)15(11)20(2)10-12-6-4-7-13(17)9-12/h3-9H,10H2,1-2H3,(H3,18,19). The largest absolute Gasteiger partial charge is 0.384 e. The van der Waals surface area contributed by atoms with Crippen LogP contribution >= 0.6 is 11.6 Å². The highest BCUT2D eigenvalue weighted by Crippen LogP contribution is 2.25. The fraction of sp³-hybridized carbons (Fsp3) is 0.188. The zero-order valence-corrected chi connectivity index (χ0v) is 12.4. The van der Waals surface area contributed by atoms with Gasteiger partial charge in [0, 0.05) is 24.2 Å². The number of rotatable bonds is 4. The zero-order chi connectivity index (χ0) is 14.7. The first-order valence-corrected chi connectivity index (χ1v) is 6.76. The number of hydrogen-bond acceptors (Lipinski definition) is 2. The van der Waals surface area contributed by atoms with Crippen LogP contribution in [-0.2, 0) is 6.54 Å². The van der Waals surface area contributed by atoms with Crippen molar-refractivity contribution in [1.82, 2.24) is 0 Å². The van der Waals surface area contributed by atoms with E-state index < -0.39 is 0 Å². The molecule has 2 aromatic rings. The van der Waals surface area contributed by atoms with E-state index in [4.69, 9.17) is 22.7 Å². The Bertz CT molecular complexity index is 637. The lowest BCUT2D eigenvalue weighted by Gasteiger charge is -2.24. The molecule has 0 bridgehead atoms. The maximum absolute atomic E-state index is 7.71. The fourth-order valence-electron chi connectivity index (χ4n) is 2.37. The third kappa shape index (κ3) is 3.11. The number of hydrogen-bond donors (Lipinski definition) is 2. The normalized spacial score (nSPS) is 10.3. The third-order valence-corrected chi connectivity index (χ3v) is 3.45. The second-order valence-corrected chi connectivity index (χ2v) is 5.31. The van der Waals surface area contributed by atoms with Gasteiger partial charge < -0.3 is 10.6 Å². The van der Waals surface area contributed by atoms with Gasteiger partial charge in [-0.3, -0.25) is 5.41 Å². The molecule has 0 aliphatic carbocycles. The van der Waals surface area contributed by atoms with Crippen molar-refractivity contribution in [2.45, 2.75) is 13.5 Å². The zero-order valence-electron chi connectivity index (χ0n) is 11.7. The van der Waals surface area contributed by atoms with Gasteiger partial charge in [-0.1, -0.05) is 35.9 Å². The Kier molecular flexibility index (Phi) is 4.30. The number of nitrogens with two attached hydrogens (primary N) is 1. The minimum absolute atomic E-state index is 0.0849. The molecule has 2 aromatic carbocycles. The summed E-state index contributed by atoms with van der Waals surface area (Å²) in [5.74, 6) is 0.0849. The van der Waals surface area contributed by atoms with Crippen molar-refractivity contribution in [3.63, 3.8) is 0 Å². The summed E-state index contributed by atoms with van der Waals surface area (Å²) >= 11 is 6.01. The van der Waals surface area contributed by atoms with E-state index in [1.807, 2.05) is 56.4 Å². The third-order valence-electron chi connectivity index (χ3n) is 3.22. The van der Waals surface area contributed by atoms with Gasteiger partial charge in [0.2, 0.25) is 0 Å². The van der Waals surface area contributed by atoms with Gasteiger partial charge in [-0.25, -0.2) is 0 Å². The summed E-state index contributed by atoms with van der Waals surface area (Å²) in [4.78, 5) is 2.09. The van der Waals surface area contributed by atoms with Gasteiger partial charge in [-0.05, 0) is 36.2 Å². The number of nitrogen functional groups attached to an aromatic ring is 1. The first kappa shape index (κ1) is 14.4. The molecule has 0 aliphatic heterocycles. The van der Waals surface area contributed by atoms with Crippen LogP contribution in [0, 0.1) is 12.3 Å². The summed E-state index contributed by atoms with van der Waals surface area (Å²) in [6, 6.07) is 13.6. The van der Waals surface area contributed by atoms with Crippen LogP contribution in [0.15, 0.2) is 42.5 Å². The molecule has 0 spiro atoms. The minimum atomic E-state index is 0.0849. The van der Waals surface area contributed by atoms with Crippen LogP contribution in [0.4, 0.5) is 5.69 Å². The highest BCUT2D eigenvalue weighted by Gasteiger charge is 2.12. The van der Waals surface area contributed by atoms with Gasteiger partial charge in [0.15, 0.2) is 0 Å². The Hall–Kier alpha value is -2.00. The molecule has 3 N–H and O–H groups in total. The number of anilines is 1. The molecule has 0 atom stereocenters. The first-order chi connectivity index (χ1) is 9.49. The van der Waals surface area contributed by atoms with Gasteiger partial charge in [0.25, 0.3) is 0 Å². The van der Waals surface area contributed by atoms with E-state index in [1.54, 1.807) is 0 Å². The van der Waals surface area contributed by atoms with Gasteiger partial charge in [0.05, 0.1) is 5.69 Å². The summed E-state index contributed by atoms with van der Waals surface area (Å²) in [5.41, 5.74) is 9.64. The van der Waals surface area contributed by atoms with Crippen molar-refractivity contribution in [2.75, 3.05) is 11.9 Å². The second-order valence-electron chi connectivity index (χ2n) is 4.87. The Morgan fingerprint density at radius 3 is 2.60 bits per heavy atom. The molecule has 4 heteroatoms. The molecule has 0 saturated heterocycles. The van der Waals surface area contributed by atoms with Crippen molar-refractivity contribution >= 4 is 23.1 Å². The number of halogens is 1. The quantitative estimate of drug-likeness (QED) is 0.667. The van der Waals surface area contributed by atoms with Gasteiger partial charge in [-0.2, -0.15) is 0 Å². The van der Waals surface area contributed by atoms with E-state index in [1.165, 1.54) is 0 Å². The van der Waals surface area contributed by atoms with E-state index in [-0.39, 0.29) is 5.84 Å². The van der Waals surface area contributed by atoms with E-state index in [0.717, 1.165) is 27.4 Å². The monoisotopic (exact) mass is 287 g/mol. The maximum atomic E-state index is 7.71. The average molecular weight is 288 g/mol. The summed E-state index contributed by atoms with van der Waals surface area (Å²) in [6.45, 7) is 2.74. The van der Waals surface area contributed by atoms with Crippen LogP contribution in [0.2, 0.25) is 5.02 Å². The maximum Gasteiger partial charge on any atom is 0.124 e. The number of nitrogens with zero attached hydrogens (tertiary/aromatic N) is 1. The second kappa shape index (κ2) is 5.97. The van der Waals surface area contributed by atoms with Gasteiger partial charge in [0.1, 0.15) is 5.84 Å². The van der Waals surface area contributed by atoms with E-state index in [0.29, 0.717) is 6.54 Å². The molecule has 2 rings (SSSR count). The molecule has 0 aliphatic rings. The van der Waals surface area contributed by atoms with Crippen LogP contribution in [0.5, 0.6) is 0 Å². The van der Waals surface area contributed by atoms with Crippen molar-refractivity contribution in [2.24, 2.45) is 5.73 Å². The molecule has 104 valence electrons. The summed E-state index contributed by atoms with van der Waals surface area (Å²) in [6.07, 6.45) is 0. The summed E-state index contributed by atoms with van der Waals surface area (Å²) in [7, 11) is 2.00. The molecule has 0 saturated carbocycles. The Balaban J connectivity index is 2.34. The number of amidine groups is 1. The lowest BCUT2D eigenvalue weighted by molar-refractivity contribution is 0.915. The molecule has 20 heavy (non-hydrogen) atoms. The highest BCUT2D eigenvalue weighted by atomic mass is 35.5. The highest BCUT2D eigenvalue weighted by molar-refractivity contribution is 6.30. The van der Waals surface area contributed by atoms with E-state index in [9.17, 15) is 0 Å². The van der Waals surface area contributed by atoms with Crippen LogP contribution < -0.4 is 10.6 Å². The van der Waals surface area contributed by atoms with Crippen molar-refractivity contribution in [1.29, 1.82) is 5.41 Å². The molecule has 0 unspecified atom stereocenters.